The van der Waals surface area contributed by atoms with Gasteiger partial charge >= 0.3 is 5.97 Å². The van der Waals surface area contributed by atoms with E-state index < -0.39 is 23.2 Å². The molecule has 0 spiro atoms. The van der Waals surface area contributed by atoms with Gasteiger partial charge in [0.1, 0.15) is 5.60 Å². The first-order valence-corrected chi connectivity index (χ1v) is 4.44. The average Bonchev–Trinajstić information content (AvgIpc) is 2.64. The zero-order valence-corrected chi connectivity index (χ0v) is 8.33. The van der Waals surface area contributed by atoms with Crippen molar-refractivity contribution in [3.05, 3.63) is 0 Å². The average molecular weight is 187 g/mol. The minimum Gasteiger partial charge on any atom is -0.458 e. The van der Waals surface area contributed by atoms with E-state index in [0.717, 1.165) is 0 Å². The van der Waals surface area contributed by atoms with Crippen molar-refractivity contribution in [3.63, 3.8) is 0 Å². The summed E-state index contributed by atoms with van der Waals surface area (Å²) in [6.07, 6.45) is 0.201. The van der Waals surface area contributed by atoms with E-state index >= 15 is 0 Å². The van der Waals surface area contributed by atoms with Crippen LogP contribution in [0.15, 0.2) is 0 Å². The number of ether oxygens (including phenoxy) is 1. The number of esters is 1. The summed E-state index contributed by atoms with van der Waals surface area (Å²) in [6.45, 7) is 5.27. The number of nitrogens with two attached hydrogens (primary N) is 1. The highest BCUT2D eigenvalue weighted by Gasteiger charge is 2.50. The van der Waals surface area contributed by atoms with Gasteiger partial charge in [-0.1, -0.05) is 0 Å². The summed E-state index contributed by atoms with van der Waals surface area (Å²) in [5, 5.41) is 9.48. The van der Waals surface area contributed by atoms with Crippen LogP contribution in [-0.2, 0) is 9.53 Å². The molecule has 0 saturated heterocycles. The molecule has 0 heterocycles. The van der Waals surface area contributed by atoms with Gasteiger partial charge in [-0.2, -0.15) is 0 Å². The van der Waals surface area contributed by atoms with Gasteiger partial charge in [0, 0.05) is 0 Å². The van der Waals surface area contributed by atoms with Gasteiger partial charge in [0.05, 0.1) is 5.54 Å². The monoisotopic (exact) mass is 187 g/mol. The largest absolute Gasteiger partial charge is 0.458 e. The van der Waals surface area contributed by atoms with Crippen molar-refractivity contribution in [2.24, 2.45) is 5.73 Å². The van der Waals surface area contributed by atoms with Crippen LogP contribution in [0.2, 0.25) is 0 Å². The van der Waals surface area contributed by atoms with Crippen LogP contribution in [-0.4, -0.2) is 28.3 Å². The van der Waals surface area contributed by atoms with E-state index in [2.05, 4.69) is 0 Å². The maximum atomic E-state index is 11.3. The normalized spacial score (nSPS) is 22.2. The van der Waals surface area contributed by atoms with Crippen LogP contribution in [0, 0.1) is 0 Å². The van der Waals surface area contributed by atoms with Gasteiger partial charge in [-0.3, -0.25) is 0 Å². The highest BCUT2D eigenvalue weighted by molar-refractivity contribution is 5.77. The second-order valence-electron chi connectivity index (χ2n) is 4.67. The fourth-order valence-electron chi connectivity index (χ4n) is 1.01. The zero-order valence-electron chi connectivity index (χ0n) is 8.33. The summed E-state index contributed by atoms with van der Waals surface area (Å²) in [6, 6.07) is 0. The van der Waals surface area contributed by atoms with Gasteiger partial charge in [0.25, 0.3) is 0 Å². The Labute approximate surface area is 78.1 Å². The standard InChI is InChI=1S/C9H17NO3/c1-8(2,3)13-7(12)6(11)9(10)4-5-9/h6,11H,4-5,10H2,1-3H3. The Morgan fingerprint density at radius 3 is 2.31 bits per heavy atom. The zero-order chi connectivity index (χ0) is 10.3. The van der Waals surface area contributed by atoms with Crippen molar-refractivity contribution in [1.29, 1.82) is 0 Å². The summed E-state index contributed by atoms with van der Waals surface area (Å²) in [5.74, 6) is -0.618. The Morgan fingerprint density at radius 2 is 2.00 bits per heavy atom. The van der Waals surface area contributed by atoms with E-state index in [1.165, 1.54) is 0 Å². The summed E-state index contributed by atoms with van der Waals surface area (Å²) in [4.78, 5) is 11.3. The van der Waals surface area contributed by atoms with Gasteiger partial charge in [0.2, 0.25) is 0 Å². The lowest BCUT2D eigenvalue weighted by molar-refractivity contribution is -0.166. The lowest BCUT2D eigenvalue weighted by Crippen LogP contribution is -2.45. The van der Waals surface area contributed by atoms with E-state index in [4.69, 9.17) is 10.5 Å². The Bertz CT molecular complexity index is 215. The molecule has 1 saturated carbocycles. The maximum absolute atomic E-state index is 11.3. The molecule has 1 aliphatic carbocycles. The van der Waals surface area contributed by atoms with Gasteiger partial charge in [-0.25, -0.2) is 4.79 Å². The minimum absolute atomic E-state index is 0.566. The molecule has 76 valence electrons. The number of hydrogen-bond donors (Lipinski definition) is 2. The Kier molecular flexibility index (Phi) is 2.38. The van der Waals surface area contributed by atoms with Crippen molar-refractivity contribution in [1.82, 2.24) is 0 Å². The Morgan fingerprint density at radius 1 is 1.54 bits per heavy atom. The first-order chi connectivity index (χ1) is 5.75. The first-order valence-electron chi connectivity index (χ1n) is 4.44. The molecule has 1 aliphatic rings. The molecule has 0 aromatic carbocycles. The Hall–Kier alpha value is -0.610. The van der Waals surface area contributed by atoms with Gasteiger partial charge in [-0.05, 0) is 33.6 Å². The van der Waals surface area contributed by atoms with Crippen LogP contribution in [0.1, 0.15) is 33.6 Å². The number of rotatable bonds is 2. The van der Waals surface area contributed by atoms with Crippen molar-refractivity contribution < 1.29 is 14.6 Å². The highest BCUT2D eigenvalue weighted by Crippen LogP contribution is 2.36. The lowest BCUT2D eigenvalue weighted by Gasteiger charge is -2.23. The Balaban J connectivity index is 2.49. The second kappa shape index (κ2) is 2.96. The third kappa shape index (κ3) is 2.67. The molecule has 0 aromatic rings. The molecule has 0 aromatic heterocycles. The third-order valence-corrected chi connectivity index (χ3v) is 2.00. The topological polar surface area (TPSA) is 72.5 Å². The van der Waals surface area contributed by atoms with E-state index in [-0.39, 0.29) is 0 Å². The van der Waals surface area contributed by atoms with Gasteiger partial charge in [-0.15, -0.1) is 0 Å². The molecular weight excluding hydrogens is 170 g/mol. The summed E-state index contributed by atoms with van der Waals surface area (Å²) >= 11 is 0. The summed E-state index contributed by atoms with van der Waals surface area (Å²) < 4.78 is 5.00. The summed E-state index contributed by atoms with van der Waals surface area (Å²) in [7, 11) is 0. The molecule has 0 aliphatic heterocycles. The smallest absolute Gasteiger partial charge is 0.337 e. The molecule has 1 fully saturated rings. The van der Waals surface area contributed by atoms with Crippen LogP contribution in [0.3, 0.4) is 0 Å². The van der Waals surface area contributed by atoms with Crippen LogP contribution < -0.4 is 5.73 Å². The molecule has 4 heteroatoms. The predicted molar refractivity (Wildman–Crippen MR) is 48.0 cm³/mol. The predicted octanol–water partition coefficient (Wildman–Crippen LogP) is 0.180. The van der Waals surface area contributed by atoms with Crippen molar-refractivity contribution >= 4 is 5.97 Å². The lowest BCUT2D eigenvalue weighted by atomic mass is 10.1. The molecule has 0 bridgehead atoms. The quantitative estimate of drug-likeness (QED) is 0.605. The molecule has 13 heavy (non-hydrogen) atoms. The molecular formula is C9H17NO3. The molecule has 1 rings (SSSR count). The fraction of sp³-hybridized carbons (Fsp3) is 0.889. The molecule has 1 unspecified atom stereocenters. The molecule has 3 N–H and O–H groups in total. The minimum atomic E-state index is -1.17. The van der Waals surface area contributed by atoms with Crippen LogP contribution in [0.4, 0.5) is 0 Å². The first kappa shape index (κ1) is 10.5. The van der Waals surface area contributed by atoms with Crippen LogP contribution >= 0.6 is 0 Å². The molecule has 0 radical (unpaired) electrons. The highest BCUT2D eigenvalue weighted by atomic mass is 16.6. The number of aliphatic hydroxyl groups is 1. The van der Waals surface area contributed by atoms with E-state index in [1.54, 1.807) is 20.8 Å². The van der Waals surface area contributed by atoms with Crippen molar-refractivity contribution in [3.8, 4) is 0 Å². The van der Waals surface area contributed by atoms with E-state index in [1.807, 2.05) is 0 Å². The second-order valence-corrected chi connectivity index (χ2v) is 4.67. The van der Waals surface area contributed by atoms with E-state index in [9.17, 15) is 9.90 Å². The maximum Gasteiger partial charge on any atom is 0.337 e. The fourth-order valence-corrected chi connectivity index (χ4v) is 1.01. The third-order valence-electron chi connectivity index (χ3n) is 2.00. The van der Waals surface area contributed by atoms with Crippen molar-refractivity contribution in [2.75, 3.05) is 0 Å². The summed E-state index contributed by atoms with van der Waals surface area (Å²) in [5.41, 5.74) is 4.37. The van der Waals surface area contributed by atoms with Crippen LogP contribution in [0.5, 0.6) is 0 Å². The van der Waals surface area contributed by atoms with Crippen molar-refractivity contribution in [2.45, 2.75) is 50.9 Å². The van der Waals surface area contributed by atoms with Gasteiger partial charge in [0.15, 0.2) is 6.10 Å². The van der Waals surface area contributed by atoms with Gasteiger partial charge < -0.3 is 15.6 Å². The number of hydrogen-bond acceptors (Lipinski definition) is 4. The molecule has 4 nitrogen and oxygen atoms in total. The molecule has 1 atom stereocenters. The van der Waals surface area contributed by atoms with E-state index in [0.29, 0.717) is 12.8 Å². The number of aliphatic hydroxyl groups excluding tert-OH is 1. The number of carbonyl (C=O) groups is 1. The SMILES string of the molecule is CC(C)(C)OC(=O)C(O)C1(N)CC1. The van der Waals surface area contributed by atoms with Crippen LogP contribution in [0.25, 0.3) is 0 Å². The number of carbonyl (C=O) groups excluding carboxylic acids is 1. The molecule has 0 amide bonds.